The Labute approximate surface area is 119 Å². The van der Waals surface area contributed by atoms with Crippen LogP contribution in [0.5, 0.6) is 0 Å². The molecule has 2 aromatic rings. The molecule has 1 aliphatic rings. The minimum atomic E-state index is 0.498. The number of hydrogen-bond acceptors (Lipinski definition) is 4. The van der Waals surface area contributed by atoms with E-state index in [0.717, 1.165) is 0 Å². The van der Waals surface area contributed by atoms with E-state index in [0.29, 0.717) is 30.2 Å². The Balaban J connectivity index is 1.66. The van der Waals surface area contributed by atoms with Crippen molar-refractivity contribution in [2.24, 2.45) is 0 Å². The maximum absolute atomic E-state index is 5.17. The Hall–Kier alpha value is -1.68. The lowest BCUT2D eigenvalue weighted by atomic mass is 9.80. The van der Waals surface area contributed by atoms with Crippen LogP contribution in [0.1, 0.15) is 48.9 Å². The number of aryl methyl sites for hydroxylation is 1. The van der Waals surface area contributed by atoms with Crippen molar-refractivity contribution in [1.82, 2.24) is 15.5 Å². The van der Waals surface area contributed by atoms with E-state index in [2.05, 4.69) is 45.8 Å². The Morgan fingerprint density at radius 3 is 2.75 bits per heavy atom. The molecule has 0 saturated heterocycles. The van der Waals surface area contributed by atoms with Crippen LogP contribution < -0.4 is 5.32 Å². The Morgan fingerprint density at radius 2 is 2.00 bits per heavy atom. The summed E-state index contributed by atoms with van der Waals surface area (Å²) in [6.07, 6.45) is 5.08. The van der Waals surface area contributed by atoms with Crippen molar-refractivity contribution in [3.63, 3.8) is 0 Å². The lowest BCUT2D eigenvalue weighted by molar-refractivity contribution is 0.300. The molecule has 0 amide bonds. The van der Waals surface area contributed by atoms with Crippen LogP contribution in [-0.4, -0.2) is 16.2 Å². The van der Waals surface area contributed by atoms with E-state index in [9.17, 15) is 0 Å². The Morgan fingerprint density at radius 1 is 1.20 bits per heavy atom. The van der Waals surface area contributed by atoms with Crippen LogP contribution in [0.15, 0.2) is 34.9 Å². The van der Waals surface area contributed by atoms with Gasteiger partial charge in [0.1, 0.15) is 0 Å². The lowest BCUT2D eigenvalue weighted by Gasteiger charge is -2.32. The predicted octanol–water partition coefficient (Wildman–Crippen LogP) is 3.19. The van der Waals surface area contributed by atoms with E-state index in [-0.39, 0.29) is 0 Å². The first-order valence-corrected chi connectivity index (χ1v) is 7.40. The highest BCUT2D eigenvalue weighted by Crippen LogP contribution is 2.33. The van der Waals surface area contributed by atoms with Crippen LogP contribution in [0.25, 0.3) is 0 Å². The standard InChI is InChI=1S/C16H21N3O/c1-12-18-16(20-19-12)11-17-15-10-6-5-9-14(15)13-7-3-2-4-8-13/h2-4,7-8,14-15,17H,5-6,9-11H2,1H3. The second-order valence-electron chi connectivity index (χ2n) is 5.52. The van der Waals surface area contributed by atoms with Crippen molar-refractivity contribution in [2.45, 2.75) is 51.1 Å². The Bertz CT molecular complexity index is 538. The zero-order valence-corrected chi connectivity index (χ0v) is 11.9. The van der Waals surface area contributed by atoms with Crippen molar-refractivity contribution >= 4 is 0 Å². The van der Waals surface area contributed by atoms with Gasteiger partial charge >= 0.3 is 0 Å². The summed E-state index contributed by atoms with van der Waals surface area (Å²) in [5.74, 6) is 1.97. The molecule has 1 saturated carbocycles. The molecular formula is C16H21N3O. The van der Waals surface area contributed by atoms with E-state index in [1.54, 1.807) is 0 Å². The normalized spacial score (nSPS) is 22.9. The van der Waals surface area contributed by atoms with Crippen LogP contribution in [0, 0.1) is 6.92 Å². The molecule has 2 atom stereocenters. The van der Waals surface area contributed by atoms with Crippen LogP contribution in [0.4, 0.5) is 0 Å². The summed E-state index contributed by atoms with van der Waals surface area (Å²) >= 11 is 0. The summed E-state index contributed by atoms with van der Waals surface area (Å²) < 4.78 is 5.17. The number of hydrogen-bond donors (Lipinski definition) is 1. The molecule has 20 heavy (non-hydrogen) atoms. The van der Waals surface area contributed by atoms with Crippen LogP contribution in [0.3, 0.4) is 0 Å². The van der Waals surface area contributed by atoms with Gasteiger partial charge in [-0.2, -0.15) is 4.98 Å². The fourth-order valence-corrected chi connectivity index (χ4v) is 3.10. The van der Waals surface area contributed by atoms with Crippen molar-refractivity contribution in [3.05, 3.63) is 47.6 Å². The quantitative estimate of drug-likeness (QED) is 0.927. The van der Waals surface area contributed by atoms with Gasteiger partial charge in [0.05, 0.1) is 6.54 Å². The van der Waals surface area contributed by atoms with Crippen molar-refractivity contribution in [2.75, 3.05) is 0 Å². The number of rotatable bonds is 4. The molecule has 1 heterocycles. The zero-order chi connectivity index (χ0) is 13.8. The van der Waals surface area contributed by atoms with E-state index < -0.39 is 0 Å². The minimum Gasteiger partial charge on any atom is -0.338 e. The topological polar surface area (TPSA) is 51.0 Å². The van der Waals surface area contributed by atoms with Gasteiger partial charge in [-0.05, 0) is 31.2 Å². The summed E-state index contributed by atoms with van der Waals surface area (Å²) in [6.45, 7) is 2.51. The number of aromatic nitrogens is 2. The summed E-state index contributed by atoms with van der Waals surface area (Å²) in [5.41, 5.74) is 1.44. The molecule has 1 aliphatic carbocycles. The molecule has 1 N–H and O–H groups in total. The van der Waals surface area contributed by atoms with E-state index in [4.69, 9.17) is 4.52 Å². The Kier molecular flexibility index (Phi) is 4.11. The molecule has 1 aromatic carbocycles. The molecule has 4 heteroatoms. The summed E-state index contributed by atoms with van der Waals surface area (Å²) in [5, 5.41) is 7.43. The summed E-state index contributed by atoms with van der Waals surface area (Å²) in [4.78, 5) is 4.25. The third kappa shape index (κ3) is 3.07. The number of nitrogens with zero attached hydrogens (tertiary/aromatic N) is 2. The van der Waals surface area contributed by atoms with Gasteiger partial charge in [-0.25, -0.2) is 0 Å². The molecule has 1 aromatic heterocycles. The minimum absolute atomic E-state index is 0.498. The van der Waals surface area contributed by atoms with Gasteiger partial charge in [0, 0.05) is 6.04 Å². The zero-order valence-electron chi connectivity index (χ0n) is 11.9. The third-order valence-corrected chi connectivity index (χ3v) is 4.08. The van der Waals surface area contributed by atoms with Crippen molar-refractivity contribution in [3.8, 4) is 0 Å². The highest BCUT2D eigenvalue weighted by Gasteiger charge is 2.26. The van der Waals surface area contributed by atoms with Crippen LogP contribution >= 0.6 is 0 Å². The molecule has 0 aliphatic heterocycles. The van der Waals surface area contributed by atoms with Gasteiger partial charge in [-0.1, -0.05) is 48.3 Å². The molecule has 2 unspecified atom stereocenters. The average molecular weight is 271 g/mol. The van der Waals surface area contributed by atoms with Gasteiger partial charge in [-0.15, -0.1) is 0 Å². The molecule has 1 fully saturated rings. The molecule has 0 radical (unpaired) electrons. The second kappa shape index (κ2) is 6.18. The maximum atomic E-state index is 5.17. The third-order valence-electron chi connectivity index (χ3n) is 4.08. The first kappa shape index (κ1) is 13.3. The first-order chi connectivity index (χ1) is 9.83. The van der Waals surface area contributed by atoms with E-state index in [1.807, 2.05) is 6.92 Å². The molecule has 106 valence electrons. The van der Waals surface area contributed by atoms with E-state index in [1.165, 1.54) is 31.2 Å². The van der Waals surface area contributed by atoms with Gasteiger partial charge in [0.2, 0.25) is 5.89 Å². The molecule has 0 bridgehead atoms. The molecule has 4 nitrogen and oxygen atoms in total. The lowest BCUT2D eigenvalue weighted by Crippen LogP contribution is -2.36. The summed E-state index contributed by atoms with van der Waals surface area (Å²) in [6, 6.07) is 11.3. The largest absolute Gasteiger partial charge is 0.338 e. The molecular weight excluding hydrogens is 250 g/mol. The van der Waals surface area contributed by atoms with Crippen LogP contribution in [-0.2, 0) is 6.54 Å². The smallest absolute Gasteiger partial charge is 0.240 e. The predicted molar refractivity (Wildman–Crippen MR) is 77.3 cm³/mol. The van der Waals surface area contributed by atoms with Gasteiger partial charge < -0.3 is 9.84 Å². The van der Waals surface area contributed by atoms with Gasteiger partial charge in [0.25, 0.3) is 0 Å². The summed E-state index contributed by atoms with van der Waals surface area (Å²) in [7, 11) is 0. The van der Waals surface area contributed by atoms with Gasteiger partial charge in [0.15, 0.2) is 5.82 Å². The first-order valence-electron chi connectivity index (χ1n) is 7.40. The highest BCUT2D eigenvalue weighted by molar-refractivity contribution is 5.22. The monoisotopic (exact) mass is 271 g/mol. The van der Waals surface area contributed by atoms with Crippen molar-refractivity contribution < 1.29 is 4.52 Å². The molecule has 3 rings (SSSR count). The fourth-order valence-electron chi connectivity index (χ4n) is 3.10. The second-order valence-corrected chi connectivity index (χ2v) is 5.52. The van der Waals surface area contributed by atoms with Crippen LogP contribution in [0.2, 0.25) is 0 Å². The molecule has 0 spiro atoms. The highest BCUT2D eigenvalue weighted by atomic mass is 16.5. The average Bonchev–Trinajstić information content (AvgIpc) is 2.92. The SMILES string of the molecule is Cc1noc(CNC2CCCCC2c2ccccc2)n1. The number of benzene rings is 1. The van der Waals surface area contributed by atoms with Gasteiger partial charge in [-0.3, -0.25) is 0 Å². The van der Waals surface area contributed by atoms with Crippen molar-refractivity contribution in [1.29, 1.82) is 0 Å². The fraction of sp³-hybridized carbons (Fsp3) is 0.500. The number of nitrogens with one attached hydrogen (secondary N) is 1. The maximum Gasteiger partial charge on any atom is 0.240 e. The van der Waals surface area contributed by atoms with E-state index >= 15 is 0 Å².